The first-order valence-electron chi connectivity index (χ1n) is 10.7. The number of likely N-dealkylation sites (N-methyl/N-ethyl adjacent to an activating group) is 1. The number of anilines is 2. The minimum Gasteiger partial charge on any atom is -0.373 e. The van der Waals surface area contributed by atoms with Gasteiger partial charge < -0.3 is 15.1 Å². The van der Waals surface area contributed by atoms with Crippen molar-refractivity contribution >= 4 is 23.3 Å². The zero-order valence-electron chi connectivity index (χ0n) is 18.5. The van der Waals surface area contributed by atoms with Crippen LogP contribution in [-0.2, 0) is 22.6 Å². The van der Waals surface area contributed by atoms with E-state index in [4.69, 9.17) is 0 Å². The van der Waals surface area contributed by atoms with Crippen LogP contribution in [0.2, 0.25) is 0 Å². The molecule has 2 amide bonds. The van der Waals surface area contributed by atoms with Gasteiger partial charge in [-0.2, -0.15) is 0 Å². The number of nitrogens with one attached hydrogen (secondary N) is 1. The lowest BCUT2D eigenvalue weighted by molar-refractivity contribution is -0.129. The summed E-state index contributed by atoms with van der Waals surface area (Å²) >= 11 is 0. The maximum atomic E-state index is 13.3. The highest BCUT2D eigenvalue weighted by molar-refractivity contribution is 5.96. The predicted molar refractivity (Wildman–Crippen MR) is 122 cm³/mol. The molecule has 0 radical (unpaired) electrons. The molecule has 1 saturated heterocycles. The number of rotatable bonds is 7. The van der Waals surface area contributed by atoms with Crippen molar-refractivity contribution in [2.24, 2.45) is 0 Å². The third-order valence-corrected chi connectivity index (χ3v) is 5.59. The van der Waals surface area contributed by atoms with E-state index in [1.807, 2.05) is 18.2 Å². The van der Waals surface area contributed by atoms with Gasteiger partial charge in [0.25, 0.3) is 0 Å². The standard InChI is InChI=1S/C24H25FN6O2/c1-26-21-13-20(16-11-24(33)31(14-16)19-8-6-17(25)7-9-19)28-22(29-21)15-30(2)23(32)12-18-5-3-4-10-27-18/h3-10,13,16H,11-12,14-15H2,1-2H3,(H,26,28,29)/t16-/m1/s1. The number of hydrogen-bond acceptors (Lipinski definition) is 6. The molecule has 33 heavy (non-hydrogen) atoms. The summed E-state index contributed by atoms with van der Waals surface area (Å²) < 4.78 is 13.3. The van der Waals surface area contributed by atoms with Crippen LogP contribution < -0.4 is 10.2 Å². The Balaban J connectivity index is 1.49. The summed E-state index contributed by atoms with van der Waals surface area (Å²) in [5, 5.41) is 3.03. The fourth-order valence-corrected chi connectivity index (χ4v) is 3.79. The molecular formula is C24H25FN6O2. The number of carbonyl (C=O) groups is 2. The predicted octanol–water partition coefficient (Wildman–Crippen LogP) is 2.77. The molecule has 1 aliphatic rings. The molecule has 1 atom stereocenters. The molecule has 9 heteroatoms. The van der Waals surface area contributed by atoms with Crippen LogP contribution in [-0.4, -0.2) is 52.3 Å². The van der Waals surface area contributed by atoms with Gasteiger partial charge in [0.1, 0.15) is 17.5 Å². The van der Waals surface area contributed by atoms with E-state index in [0.29, 0.717) is 36.0 Å². The Morgan fingerprint density at radius 2 is 2.00 bits per heavy atom. The van der Waals surface area contributed by atoms with Crippen LogP contribution in [0.25, 0.3) is 0 Å². The molecule has 2 aromatic heterocycles. The molecule has 1 aromatic carbocycles. The lowest BCUT2D eigenvalue weighted by Gasteiger charge is -2.19. The van der Waals surface area contributed by atoms with Crippen LogP contribution in [0, 0.1) is 5.82 Å². The van der Waals surface area contributed by atoms with Crippen molar-refractivity contribution in [2.45, 2.75) is 25.3 Å². The van der Waals surface area contributed by atoms with Crippen LogP contribution >= 0.6 is 0 Å². The van der Waals surface area contributed by atoms with E-state index in [9.17, 15) is 14.0 Å². The molecule has 170 valence electrons. The SMILES string of the molecule is CNc1cc([C@@H]2CC(=O)N(c3ccc(F)cc3)C2)nc(CN(C)C(=O)Cc2ccccn2)n1. The van der Waals surface area contributed by atoms with Crippen molar-refractivity contribution in [3.8, 4) is 0 Å². The Kier molecular flexibility index (Phi) is 6.58. The Hall–Kier alpha value is -3.88. The number of aromatic nitrogens is 3. The maximum Gasteiger partial charge on any atom is 0.228 e. The van der Waals surface area contributed by atoms with Crippen LogP contribution in [0.4, 0.5) is 15.9 Å². The summed E-state index contributed by atoms with van der Waals surface area (Å²) in [6, 6.07) is 13.2. The van der Waals surface area contributed by atoms with Gasteiger partial charge in [0.2, 0.25) is 11.8 Å². The minimum atomic E-state index is -0.345. The highest BCUT2D eigenvalue weighted by atomic mass is 19.1. The second-order valence-corrected chi connectivity index (χ2v) is 7.97. The van der Waals surface area contributed by atoms with Crippen LogP contribution in [0.1, 0.15) is 29.6 Å². The Morgan fingerprint density at radius 1 is 1.21 bits per heavy atom. The van der Waals surface area contributed by atoms with Crippen LogP contribution in [0.15, 0.2) is 54.7 Å². The molecule has 0 unspecified atom stereocenters. The second-order valence-electron chi connectivity index (χ2n) is 7.97. The lowest BCUT2D eigenvalue weighted by Crippen LogP contribution is -2.29. The number of carbonyl (C=O) groups excluding carboxylic acids is 2. The summed E-state index contributed by atoms with van der Waals surface area (Å²) in [4.78, 5) is 41.8. The van der Waals surface area contributed by atoms with Crippen molar-refractivity contribution in [1.82, 2.24) is 19.9 Å². The summed E-state index contributed by atoms with van der Waals surface area (Å²) in [6.45, 7) is 0.676. The number of benzene rings is 1. The monoisotopic (exact) mass is 448 g/mol. The molecule has 1 fully saturated rings. The van der Waals surface area contributed by atoms with E-state index in [0.717, 1.165) is 5.69 Å². The van der Waals surface area contributed by atoms with Crippen molar-refractivity contribution < 1.29 is 14.0 Å². The van der Waals surface area contributed by atoms with E-state index in [1.54, 1.807) is 48.3 Å². The highest BCUT2D eigenvalue weighted by Crippen LogP contribution is 2.31. The smallest absolute Gasteiger partial charge is 0.228 e. The van der Waals surface area contributed by atoms with Gasteiger partial charge in [-0.15, -0.1) is 0 Å². The van der Waals surface area contributed by atoms with E-state index in [-0.39, 0.29) is 36.5 Å². The number of nitrogens with zero attached hydrogens (tertiary/aromatic N) is 5. The first-order valence-corrected chi connectivity index (χ1v) is 10.7. The number of pyridine rings is 1. The van der Waals surface area contributed by atoms with Gasteiger partial charge in [-0.3, -0.25) is 14.6 Å². The van der Waals surface area contributed by atoms with Crippen LogP contribution in [0.3, 0.4) is 0 Å². The summed E-state index contributed by atoms with van der Waals surface area (Å²) in [5.41, 5.74) is 2.09. The molecule has 3 aromatic rings. The van der Waals surface area contributed by atoms with Crippen molar-refractivity contribution in [2.75, 3.05) is 30.9 Å². The summed E-state index contributed by atoms with van der Waals surface area (Å²) in [6.07, 6.45) is 2.15. The van der Waals surface area contributed by atoms with Crippen molar-refractivity contribution in [3.05, 3.63) is 77.8 Å². The normalized spacial score (nSPS) is 15.5. The molecule has 1 N–H and O–H groups in total. The Labute approximate surface area is 191 Å². The summed E-state index contributed by atoms with van der Waals surface area (Å²) in [7, 11) is 3.46. The van der Waals surface area contributed by atoms with Gasteiger partial charge in [0.05, 0.1) is 18.7 Å². The number of hydrogen-bond donors (Lipinski definition) is 1. The van der Waals surface area contributed by atoms with E-state index < -0.39 is 0 Å². The Bertz CT molecular complexity index is 1140. The zero-order valence-corrected chi connectivity index (χ0v) is 18.5. The number of amides is 2. The molecular weight excluding hydrogens is 423 g/mol. The molecule has 4 rings (SSSR count). The maximum absolute atomic E-state index is 13.3. The van der Waals surface area contributed by atoms with Crippen molar-refractivity contribution in [3.63, 3.8) is 0 Å². The molecule has 0 saturated carbocycles. The number of halogens is 1. The molecule has 0 bridgehead atoms. The Morgan fingerprint density at radius 3 is 2.70 bits per heavy atom. The minimum absolute atomic E-state index is 0.0413. The van der Waals surface area contributed by atoms with E-state index >= 15 is 0 Å². The van der Waals surface area contributed by atoms with E-state index in [1.165, 1.54) is 12.1 Å². The fourth-order valence-electron chi connectivity index (χ4n) is 3.79. The van der Waals surface area contributed by atoms with Gasteiger partial charge in [-0.1, -0.05) is 6.07 Å². The first-order chi connectivity index (χ1) is 15.9. The molecule has 0 spiro atoms. The molecule has 3 heterocycles. The van der Waals surface area contributed by atoms with Gasteiger partial charge in [-0.05, 0) is 36.4 Å². The third kappa shape index (κ3) is 5.31. The fraction of sp³-hybridized carbons (Fsp3) is 0.292. The second kappa shape index (κ2) is 9.72. The van der Waals surface area contributed by atoms with Gasteiger partial charge in [0, 0.05) is 56.6 Å². The van der Waals surface area contributed by atoms with Gasteiger partial charge in [0.15, 0.2) is 0 Å². The topological polar surface area (TPSA) is 91.3 Å². The highest BCUT2D eigenvalue weighted by Gasteiger charge is 2.33. The lowest BCUT2D eigenvalue weighted by atomic mass is 10.0. The molecule has 0 aliphatic carbocycles. The zero-order chi connectivity index (χ0) is 23.4. The third-order valence-electron chi connectivity index (χ3n) is 5.59. The average Bonchev–Trinajstić information content (AvgIpc) is 3.21. The molecule has 1 aliphatic heterocycles. The van der Waals surface area contributed by atoms with Crippen LogP contribution in [0.5, 0.6) is 0 Å². The molecule has 8 nitrogen and oxygen atoms in total. The van der Waals surface area contributed by atoms with Gasteiger partial charge >= 0.3 is 0 Å². The van der Waals surface area contributed by atoms with E-state index in [2.05, 4.69) is 20.3 Å². The quantitative estimate of drug-likeness (QED) is 0.598. The largest absolute Gasteiger partial charge is 0.373 e. The van der Waals surface area contributed by atoms with Crippen molar-refractivity contribution in [1.29, 1.82) is 0 Å². The first kappa shape index (κ1) is 22.3. The van der Waals surface area contributed by atoms with Gasteiger partial charge in [-0.25, -0.2) is 14.4 Å². The summed E-state index contributed by atoms with van der Waals surface area (Å²) in [5.74, 6) is 0.496. The average molecular weight is 449 g/mol.